The second-order valence-electron chi connectivity index (χ2n) is 5.34. The third-order valence-electron chi connectivity index (χ3n) is 3.99. The van der Waals surface area contributed by atoms with Crippen LogP contribution in [0.5, 0.6) is 0 Å². The predicted octanol–water partition coefficient (Wildman–Crippen LogP) is 2.71. The summed E-state index contributed by atoms with van der Waals surface area (Å²) in [5, 5.41) is 0. The van der Waals surface area contributed by atoms with Crippen LogP contribution in [0.4, 0.5) is 11.5 Å². The number of benzene rings is 1. The summed E-state index contributed by atoms with van der Waals surface area (Å²) in [5.41, 5.74) is 6.56. The Morgan fingerprint density at radius 3 is 2.90 bits per heavy atom. The summed E-state index contributed by atoms with van der Waals surface area (Å²) in [5.74, 6) is 6.04. The summed E-state index contributed by atoms with van der Waals surface area (Å²) in [4.78, 5) is 6.74. The summed E-state index contributed by atoms with van der Waals surface area (Å²) in [6.07, 6.45) is 4.26. The normalized spacial score (nSPS) is 17.7. The van der Waals surface area contributed by atoms with Gasteiger partial charge in [-0.25, -0.2) is 10.8 Å². The van der Waals surface area contributed by atoms with Gasteiger partial charge in [0.25, 0.3) is 0 Å². The Balaban J connectivity index is 1.85. The van der Waals surface area contributed by atoms with Gasteiger partial charge in [0, 0.05) is 24.5 Å². The zero-order chi connectivity index (χ0) is 13.9. The molecule has 1 unspecified atom stereocenters. The number of hydrogen-bond donors (Lipinski definition) is 2. The molecule has 104 valence electrons. The molecule has 1 atom stereocenters. The summed E-state index contributed by atoms with van der Waals surface area (Å²) < 4.78 is 0. The highest BCUT2D eigenvalue weighted by molar-refractivity contribution is 5.56. The number of aromatic nitrogens is 1. The molecule has 0 amide bonds. The van der Waals surface area contributed by atoms with Crippen molar-refractivity contribution >= 4 is 11.5 Å². The number of nitrogens with zero attached hydrogens (tertiary/aromatic N) is 2. The fraction of sp³-hybridized carbons (Fsp3) is 0.312. The minimum atomic E-state index is 0.553. The number of nitrogens with one attached hydrogen (secondary N) is 1. The van der Waals surface area contributed by atoms with E-state index in [1.54, 1.807) is 0 Å². The maximum Gasteiger partial charge on any atom is 0.139 e. The molecule has 2 heterocycles. The molecule has 3 N–H and O–H groups in total. The number of nitrogens with two attached hydrogens (primary N) is 1. The Bertz CT molecular complexity index is 579. The van der Waals surface area contributed by atoms with Crippen molar-refractivity contribution in [1.29, 1.82) is 0 Å². The van der Waals surface area contributed by atoms with Gasteiger partial charge < -0.3 is 10.3 Å². The van der Waals surface area contributed by atoms with Crippen LogP contribution in [0.3, 0.4) is 0 Å². The second-order valence-corrected chi connectivity index (χ2v) is 5.34. The van der Waals surface area contributed by atoms with Gasteiger partial charge in [0.2, 0.25) is 0 Å². The first-order valence-corrected chi connectivity index (χ1v) is 7.04. The van der Waals surface area contributed by atoms with Crippen molar-refractivity contribution in [3.05, 3.63) is 53.7 Å². The Morgan fingerprint density at radius 1 is 1.30 bits per heavy atom. The summed E-state index contributed by atoms with van der Waals surface area (Å²) in [7, 11) is 0. The average Bonchev–Trinajstić information content (AvgIpc) is 2.51. The highest BCUT2D eigenvalue weighted by Crippen LogP contribution is 2.31. The Kier molecular flexibility index (Phi) is 3.56. The molecule has 0 radical (unpaired) electrons. The van der Waals surface area contributed by atoms with E-state index in [0.29, 0.717) is 11.9 Å². The molecule has 0 fully saturated rings. The number of nitrogen functional groups attached to an aromatic ring is 1. The van der Waals surface area contributed by atoms with Crippen molar-refractivity contribution in [3.8, 4) is 0 Å². The number of fused-ring (bicyclic) bond motifs is 1. The Hall–Kier alpha value is -2.07. The van der Waals surface area contributed by atoms with Crippen LogP contribution in [0.2, 0.25) is 0 Å². The molecule has 1 aliphatic rings. The summed E-state index contributed by atoms with van der Waals surface area (Å²) >= 11 is 0. The number of anilines is 2. The molecule has 2 aromatic rings. The zero-order valence-electron chi connectivity index (χ0n) is 11.7. The smallest absolute Gasteiger partial charge is 0.139 e. The molecule has 0 spiro atoms. The quantitative estimate of drug-likeness (QED) is 0.664. The van der Waals surface area contributed by atoms with Gasteiger partial charge in [-0.2, -0.15) is 0 Å². The van der Waals surface area contributed by atoms with Crippen LogP contribution < -0.4 is 16.2 Å². The number of aryl methyl sites for hydroxylation is 1. The van der Waals surface area contributed by atoms with Crippen LogP contribution in [0.1, 0.15) is 24.5 Å². The summed E-state index contributed by atoms with van der Waals surface area (Å²) in [6.45, 7) is 3.18. The molecule has 4 heteroatoms. The number of hydrogen-bond acceptors (Lipinski definition) is 4. The minimum absolute atomic E-state index is 0.553. The first-order valence-electron chi connectivity index (χ1n) is 7.04. The SMILES string of the molecule is CC1CCc2ccccc2N1Cc1ccc(NN)nc1. The van der Waals surface area contributed by atoms with Crippen molar-refractivity contribution < 1.29 is 0 Å². The van der Waals surface area contributed by atoms with Crippen molar-refractivity contribution in [2.75, 3.05) is 10.3 Å². The second kappa shape index (κ2) is 5.51. The van der Waals surface area contributed by atoms with Crippen molar-refractivity contribution in [3.63, 3.8) is 0 Å². The fourth-order valence-electron chi connectivity index (χ4n) is 2.80. The third kappa shape index (κ3) is 2.47. The maximum atomic E-state index is 5.35. The monoisotopic (exact) mass is 268 g/mol. The van der Waals surface area contributed by atoms with Gasteiger partial charge in [-0.15, -0.1) is 0 Å². The predicted molar refractivity (Wildman–Crippen MR) is 82.5 cm³/mol. The van der Waals surface area contributed by atoms with Crippen molar-refractivity contribution in [1.82, 2.24) is 4.98 Å². The third-order valence-corrected chi connectivity index (χ3v) is 3.99. The molecular weight excluding hydrogens is 248 g/mol. The van der Waals surface area contributed by atoms with Gasteiger partial charge in [-0.1, -0.05) is 24.3 Å². The van der Waals surface area contributed by atoms with Gasteiger partial charge in [0.05, 0.1) is 0 Å². The highest BCUT2D eigenvalue weighted by Gasteiger charge is 2.22. The molecular formula is C16H20N4. The van der Waals surface area contributed by atoms with E-state index >= 15 is 0 Å². The lowest BCUT2D eigenvalue weighted by Crippen LogP contribution is -2.36. The van der Waals surface area contributed by atoms with Crippen LogP contribution in [0, 0.1) is 0 Å². The van der Waals surface area contributed by atoms with E-state index in [0.717, 1.165) is 6.54 Å². The molecule has 20 heavy (non-hydrogen) atoms. The van der Waals surface area contributed by atoms with Gasteiger partial charge in [0.1, 0.15) is 5.82 Å². The lowest BCUT2D eigenvalue weighted by atomic mass is 9.96. The molecule has 0 aliphatic carbocycles. The van der Waals surface area contributed by atoms with E-state index in [1.165, 1.54) is 29.7 Å². The Labute approximate surface area is 119 Å². The molecule has 1 aromatic carbocycles. The van der Waals surface area contributed by atoms with Crippen LogP contribution in [0.15, 0.2) is 42.6 Å². The van der Waals surface area contributed by atoms with E-state index < -0.39 is 0 Å². The van der Waals surface area contributed by atoms with E-state index in [9.17, 15) is 0 Å². The van der Waals surface area contributed by atoms with Gasteiger partial charge in [-0.05, 0) is 43.0 Å². The van der Waals surface area contributed by atoms with E-state index in [-0.39, 0.29) is 0 Å². The lowest BCUT2D eigenvalue weighted by molar-refractivity contribution is 0.560. The number of para-hydroxylation sites is 1. The standard InChI is InChI=1S/C16H20N4/c1-12-6-8-14-4-2-3-5-15(14)20(12)11-13-7-9-16(19-17)18-10-13/h2-5,7,9-10,12H,6,8,11,17H2,1H3,(H,18,19). The average molecular weight is 268 g/mol. The first kappa shape index (κ1) is 12.9. The topological polar surface area (TPSA) is 54.2 Å². The highest BCUT2D eigenvalue weighted by atomic mass is 15.2. The Morgan fingerprint density at radius 2 is 2.15 bits per heavy atom. The van der Waals surface area contributed by atoms with E-state index in [1.807, 2.05) is 12.3 Å². The summed E-state index contributed by atoms with van der Waals surface area (Å²) in [6, 6.07) is 13.2. The van der Waals surface area contributed by atoms with Crippen molar-refractivity contribution in [2.45, 2.75) is 32.4 Å². The zero-order valence-corrected chi connectivity index (χ0v) is 11.7. The van der Waals surface area contributed by atoms with Crippen LogP contribution in [-0.4, -0.2) is 11.0 Å². The van der Waals surface area contributed by atoms with Gasteiger partial charge in [0.15, 0.2) is 0 Å². The molecule has 1 aromatic heterocycles. The molecule has 4 nitrogen and oxygen atoms in total. The van der Waals surface area contributed by atoms with Crippen LogP contribution in [-0.2, 0) is 13.0 Å². The molecule has 0 saturated carbocycles. The molecule has 3 rings (SSSR count). The molecule has 0 saturated heterocycles. The molecule has 0 bridgehead atoms. The van der Waals surface area contributed by atoms with Crippen LogP contribution >= 0.6 is 0 Å². The van der Waals surface area contributed by atoms with Gasteiger partial charge in [-0.3, -0.25) is 0 Å². The maximum absolute atomic E-state index is 5.35. The largest absolute Gasteiger partial charge is 0.364 e. The number of pyridine rings is 1. The van der Waals surface area contributed by atoms with Crippen molar-refractivity contribution in [2.24, 2.45) is 5.84 Å². The lowest BCUT2D eigenvalue weighted by Gasteiger charge is -2.37. The number of rotatable bonds is 3. The number of hydrazine groups is 1. The minimum Gasteiger partial charge on any atom is -0.364 e. The van der Waals surface area contributed by atoms with Crippen LogP contribution in [0.25, 0.3) is 0 Å². The molecule has 1 aliphatic heterocycles. The first-order chi connectivity index (χ1) is 9.78. The van der Waals surface area contributed by atoms with E-state index in [2.05, 4.69) is 52.6 Å². The fourth-order valence-corrected chi connectivity index (χ4v) is 2.80. The van der Waals surface area contributed by atoms with E-state index in [4.69, 9.17) is 5.84 Å². The van der Waals surface area contributed by atoms with Gasteiger partial charge >= 0.3 is 0 Å².